The molecule has 4 heteroatoms. The SMILES string of the molecule is CC1(C)CC(=O)C=C(Nc2ccc(N=Nc3ccccc3)cc2)C1. The third-order valence-electron chi connectivity index (χ3n) is 3.87. The molecule has 0 fully saturated rings. The van der Waals surface area contributed by atoms with Gasteiger partial charge in [0.1, 0.15) is 0 Å². The molecule has 0 bridgehead atoms. The Morgan fingerprint density at radius 1 is 0.875 bits per heavy atom. The molecule has 0 aromatic heterocycles. The molecule has 0 heterocycles. The normalized spacial score (nSPS) is 16.9. The highest BCUT2D eigenvalue weighted by Gasteiger charge is 2.27. The summed E-state index contributed by atoms with van der Waals surface area (Å²) in [4.78, 5) is 11.8. The van der Waals surface area contributed by atoms with E-state index >= 15 is 0 Å². The molecule has 0 atom stereocenters. The maximum atomic E-state index is 11.8. The van der Waals surface area contributed by atoms with Gasteiger partial charge in [-0.1, -0.05) is 32.0 Å². The number of ketones is 1. The van der Waals surface area contributed by atoms with Crippen molar-refractivity contribution in [1.82, 2.24) is 0 Å². The number of nitrogens with zero attached hydrogens (tertiary/aromatic N) is 2. The second-order valence-electron chi connectivity index (χ2n) is 6.86. The fourth-order valence-corrected chi connectivity index (χ4v) is 2.83. The number of hydrogen-bond acceptors (Lipinski definition) is 4. The number of rotatable bonds is 4. The monoisotopic (exact) mass is 319 g/mol. The van der Waals surface area contributed by atoms with Gasteiger partial charge in [-0.15, -0.1) is 0 Å². The van der Waals surface area contributed by atoms with Crippen LogP contribution in [0.15, 0.2) is 76.6 Å². The van der Waals surface area contributed by atoms with Crippen LogP contribution in [0.2, 0.25) is 0 Å². The molecule has 1 aliphatic carbocycles. The third kappa shape index (κ3) is 4.38. The van der Waals surface area contributed by atoms with E-state index < -0.39 is 0 Å². The van der Waals surface area contributed by atoms with Crippen LogP contribution in [0.25, 0.3) is 0 Å². The molecule has 3 rings (SSSR count). The first-order valence-electron chi connectivity index (χ1n) is 8.07. The highest BCUT2D eigenvalue weighted by Crippen LogP contribution is 2.34. The Morgan fingerprint density at radius 3 is 2.12 bits per heavy atom. The number of carbonyl (C=O) groups excluding carboxylic acids is 1. The zero-order valence-corrected chi connectivity index (χ0v) is 14.0. The van der Waals surface area contributed by atoms with E-state index in [1.807, 2.05) is 54.6 Å². The van der Waals surface area contributed by atoms with Gasteiger partial charge in [-0.05, 0) is 48.2 Å². The van der Waals surface area contributed by atoms with Gasteiger partial charge in [0.15, 0.2) is 5.78 Å². The van der Waals surface area contributed by atoms with Crippen LogP contribution in [0.3, 0.4) is 0 Å². The van der Waals surface area contributed by atoms with E-state index in [2.05, 4.69) is 29.4 Å². The van der Waals surface area contributed by atoms with Crippen molar-refractivity contribution < 1.29 is 4.79 Å². The van der Waals surface area contributed by atoms with Gasteiger partial charge in [-0.2, -0.15) is 10.2 Å². The highest BCUT2D eigenvalue weighted by atomic mass is 16.1. The Morgan fingerprint density at radius 2 is 1.50 bits per heavy atom. The zero-order valence-electron chi connectivity index (χ0n) is 14.0. The molecule has 4 nitrogen and oxygen atoms in total. The fourth-order valence-electron chi connectivity index (χ4n) is 2.83. The number of hydrogen-bond donors (Lipinski definition) is 1. The Balaban J connectivity index is 1.67. The topological polar surface area (TPSA) is 53.8 Å². The first-order valence-corrected chi connectivity index (χ1v) is 8.07. The molecular formula is C20H21N3O. The lowest BCUT2D eigenvalue weighted by Crippen LogP contribution is -2.24. The number of azo groups is 1. The van der Waals surface area contributed by atoms with Gasteiger partial charge in [0.05, 0.1) is 11.4 Å². The predicted octanol–water partition coefficient (Wildman–Crippen LogP) is 5.79. The van der Waals surface area contributed by atoms with Gasteiger partial charge < -0.3 is 5.32 Å². The number of allylic oxidation sites excluding steroid dienone is 2. The zero-order chi connectivity index (χ0) is 17.0. The average molecular weight is 319 g/mol. The summed E-state index contributed by atoms with van der Waals surface area (Å²) in [6, 6.07) is 17.4. The molecule has 0 radical (unpaired) electrons. The number of anilines is 1. The van der Waals surface area contributed by atoms with Crippen molar-refractivity contribution in [2.75, 3.05) is 5.32 Å². The van der Waals surface area contributed by atoms with Crippen LogP contribution in [-0.2, 0) is 4.79 Å². The summed E-state index contributed by atoms with van der Waals surface area (Å²) in [7, 11) is 0. The van der Waals surface area contributed by atoms with Crippen molar-refractivity contribution in [2.24, 2.45) is 15.6 Å². The average Bonchev–Trinajstić information content (AvgIpc) is 2.53. The lowest BCUT2D eigenvalue weighted by Gasteiger charge is -2.29. The molecule has 0 unspecified atom stereocenters. The second-order valence-corrected chi connectivity index (χ2v) is 6.86. The smallest absolute Gasteiger partial charge is 0.157 e. The number of carbonyl (C=O) groups is 1. The van der Waals surface area contributed by atoms with Gasteiger partial charge in [0, 0.05) is 23.9 Å². The third-order valence-corrected chi connectivity index (χ3v) is 3.87. The van der Waals surface area contributed by atoms with Crippen LogP contribution in [0.5, 0.6) is 0 Å². The van der Waals surface area contributed by atoms with Crippen molar-refractivity contribution in [2.45, 2.75) is 26.7 Å². The van der Waals surface area contributed by atoms with Crippen LogP contribution in [0.4, 0.5) is 17.1 Å². The minimum Gasteiger partial charge on any atom is -0.359 e. The Kier molecular flexibility index (Phi) is 4.56. The van der Waals surface area contributed by atoms with Gasteiger partial charge >= 0.3 is 0 Å². The molecule has 2 aromatic rings. The van der Waals surface area contributed by atoms with Gasteiger partial charge in [-0.3, -0.25) is 4.79 Å². The summed E-state index contributed by atoms with van der Waals surface area (Å²) in [5.74, 6) is 0.182. The van der Waals surface area contributed by atoms with Crippen LogP contribution in [0, 0.1) is 5.41 Å². The van der Waals surface area contributed by atoms with Crippen LogP contribution in [-0.4, -0.2) is 5.78 Å². The van der Waals surface area contributed by atoms with E-state index in [4.69, 9.17) is 0 Å². The Bertz CT molecular complexity index is 774. The van der Waals surface area contributed by atoms with Gasteiger partial charge in [0.2, 0.25) is 0 Å². The minimum absolute atomic E-state index is 0.0119. The molecule has 1 N–H and O–H groups in total. The summed E-state index contributed by atoms with van der Waals surface area (Å²) in [5, 5.41) is 11.8. The second kappa shape index (κ2) is 6.79. The summed E-state index contributed by atoms with van der Waals surface area (Å²) in [6.45, 7) is 4.24. The predicted molar refractivity (Wildman–Crippen MR) is 96.8 cm³/mol. The first kappa shape index (κ1) is 16.1. The maximum Gasteiger partial charge on any atom is 0.157 e. The summed E-state index contributed by atoms with van der Waals surface area (Å²) >= 11 is 0. The van der Waals surface area contributed by atoms with Crippen LogP contribution in [0.1, 0.15) is 26.7 Å². The standard InChI is InChI=1S/C20H21N3O/c1-20(2)13-18(12-19(24)14-20)21-15-8-10-17(11-9-15)23-22-16-6-4-3-5-7-16/h3-12,21H,13-14H2,1-2H3. The molecule has 0 amide bonds. The quantitative estimate of drug-likeness (QED) is 0.725. The summed E-state index contributed by atoms with van der Waals surface area (Å²) < 4.78 is 0. The Hall–Kier alpha value is -2.75. The van der Waals surface area contributed by atoms with Crippen molar-refractivity contribution in [3.05, 3.63) is 66.4 Å². The van der Waals surface area contributed by atoms with E-state index in [9.17, 15) is 4.79 Å². The summed E-state index contributed by atoms with van der Waals surface area (Å²) in [5.41, 5.74) is 3.55. The molecule has 0 aliphatic heterocycles. The molecular weight excluding hydrogens is 298 g/mol. The fraction of sp³-hybridized carbons (Fsp3) is 0.250. The van der Waals surface area contributed by atoms with Crippen molar-refractivity contribution >= 4 is 22.8 Å². The number of benzene rings is 2. The maximum absolute atomic E-state index is 11.8. The molecule has 0 saturated carbocycles. The lowest BCUT2D eigenvalue weighted by atomic mass is 9.79. The van der Waals surface area contributed by atoms with E-state index in [-0.39, 0.29) is 11.2 Å². The van der Waals surface area contributed by atoms with E-state index in [1.165, 1.54) is 0 Å². The van der Waals surface area contributed by atoms with E-state index in [1.54, 1.807) is 6.08 Å². The highest BCUT2D eigenvalue weighted by molar-refractivity contribution is 5.92. The van der Waals surface area contributed by atoms with E-state index in [0.717, 1.165) is 29.2 Å². The van der Waals surface area contributed by atoms with Crippen molar-refractivity contribution in [1.29, 1.82) is 0 Å². The molecule has 0 spiro atoms. The molecule has 122 valence electrons. The molecule has 24 heavy (non-hydrogen) atoms. The number of nitrogens with one attached hydrogen (secondary N) is 1. The largest absolute Gasteiger partial charge is 0.359 e. The van der Waals surface area contributed by atoms with Gasteiger partial charge in [0.25, 0.3) is 0 Å². The van der Waals surface area contributed by atoms with Crippen molar-refractivity contribution in [3.8, 4) is 0 Å². The minimum atomic E-state index is 0.0119. The summed E-state index contributed by atoms with van der Waals surface area (Å²) in [6.07, 6.45) is 3.19. The first-order chi connectivity index (χ1) is 11.5. The lowest BCUT2D eigenvalue weighted by molar-refractivity contribution is -0.117. The van der Waals surface area contributed by atoms with Gasteiger partial charge in [-0.25, -0.2) is 0 Å². The molecule has 2 aromatic carbocycles. The molecule has 1 aliphatic rings. The molecule has 0 saturated heterocycles. The van der Waals surface area contributed by atoms with E-state index in [0.29, 0.717) is 6.42 Å². The van der Waals surface area contributed by atoms with Crippen molar-refractivity contribution in [3.63, 3.8) is 0 Å². The van der Waals surface area contributed by atoms with Crippen LogP contribution >= 0.6 is 0 Å². The Labute approximate surface area is 142 Å². The van der Waals surface area contributed by atoms with Crippen LogP contribution < -0.4 is 5.32 Å².